The summed E-state index contributed by atoms with van der Waals surface area (Å²) < 4.78 is 29.3. The van der Waals surface area contributed by atoms with Crippen LogP contribution < -0.4 is 11.1 Å². The zero-order valence-corrected chi connectivity index (χ0v) is 23.3. The summed E-state index contributed by atoms with van der Waals surface area (Å²) in [6.45, 7) is 1.74. The maximum Gasteiger partial charge on any atom is 0.255 e. The Labute approximate surface area is 238 Å². The summed E-state index contributed by atoms with van der Waals surface area (Å²) in [6.07, 6.45) is 10.3. The number of likely N-dealkylation sites (tertiary alicyclic amines) is 1. The predicted octanol–water partition coefficient (Wildman–Crippen LogP) is 5.07. The lowest BCUT2D eigenvalue weighted by Crippen LogP contribution is -2.58. The third-order valence-corrected chi connectivity index (χ3v) is 10.4. The Kier molecular flexibility index (Phi) is 6.35. The van der Waals surface area contributed by atoms with E-state index in [9.17, 15) is 18.7 Å². The number of hydrogen-bond acceptors (Lipinski definition) is 6. The van der Waals surface area contributed by atoms with Gasteiger partial charge in [-0.2, -0.15) is 5.10 Å². The van der Waals surface area contributed by atoms with Crippen molar-refractivity contribution in [2.45, 2.75) is 99.8 Å². The van der Waals surface area contributed by atoms with E-state index in [1.54, 1.807) is 6.20 Å². The van der Waals surface area contributed by atoms with Gasteiger partial charge in [-0.15, -0.1) is 0 Å². The fraction of sp³-hybridized carbons (Fsp3) is 0.581. The number of nitrogens with one attached hydrogen (secondary N) is 1. The Bertz CT molecular complexity index is 1450. The average molecular weight is 565 g/mol. The first-order chi connectivity index (χ1) is 19.6. The maximum absolute atomic E-state index is 13.6. The van der Waals surface area contributed by atoms with Gasteiger partial charge in [0.2, 0.25) is 5.92 Å². The molecule has 0 radical (unpaired) electrons. The Morgan fingerprint density at radius 2 is 1.71 bits per heavy atom. The minimum atomic E-state index is -2.50. The number of alkyl halides is 2. The summed E-state index contributed by atoms with van der Waals surface area (Å²) in [5.74, 6) is -2.52. The van der Waals surface area contributed by atoms with Gasteiger partial charge in [-0.05, 0) is 81.5 Å². The Balaban J connectivity index is 1.06. The number of amides is 1. The molecule has 2 bridgehead atoms. The summed E-state index contributed by atoms with van der Waals surface area (Å²) in [5, 5.41) is 19.6. The van der Waals surface area contributed by atoms with Crippen LogP contribution in [0.5, 0.6) is 0 Å². The molecule has 4 saturated carbocycles. The highest BCUT2D eigenvalue weighted by Crippen LogP contribution is 2.47. The number of nitrogens with zero attached hydrogens (tertiary/aromatic N) is 4. The minimum Gasteiger partial charge on any atom is -0.390 e. The smallest absolute Gasteiger partial charge is 0.255 e. The summed E-state index contributed by atoms with van der Waals surface area (Å²) >= 11 is 0. The summed E-state index contributed by atoms with van der Waals surface area (Å²) in [6, 6.07) is 8.30. The Morgan fingerprint density at radius 1 is 0.976 bits per heavy atom. The molecule has 5 aliphatic rings. The third-order valence-electron chi connectivity index (χ3n) is 10.4. The minimum absolute atomic E-state index is 0.0121. The second kappa shape index (κ2) is 9.73. The molecule has 3 aromatic rings. The summed E-state index contributed by atoms with van der Waals surface area (Å²) in [4.78, 5) is 20.1. The lowest BCUT2D eigenvalue weighted by atomic mass is 9.63. The highest BCUT2D eigenvalue weighted by Gasteiger charge is 2.48. The molecule has 5 fully saturated rings. The molecule has 10 heteroatoms. The van der Waals surface area contributed by atoms with E-state index in [1.807, 2.05) is 22.9 Å². The van der Waals surface area contributed by atoms with Crippen LogP contribution in [-0.4, -0.2) is 66.9 Å². The molecule has 3 heterocycles. The van der Waals surface area contributed by atoms with Crippen molar-refractivity contribution in [3.8, 4) is 11.1 Å². The van der Waals surface area contributed by atoms with Crippen LogP contribution in [0.4, 0.5) is 14.6 Å². The number of aromatic nitrogens is 3. The van der Waals surface area contributed by atoms with Gasteiger partial charge in [-0.25, -0.2) is 13.8 Å². The fourth-order valence-corrected chi connectivity index (χ4v) is 7.59. The molecule has 218 valence electrons. The fourth-order valence-electron chi connectivity index (χ4n) is 7.59. The second-order valence-electron chi connectivity index (χ2n) is 13.0. The molecule has 41 heavy (non-hydrogen) atoms. The van der Waals surface area contributed by atoms with Crippen LogP contribution >= 0.6 is 0 Å². The molecule has 1 saturated heterocycles. The Hall–Kier alpha value is -3.11. The molecule has 1 atom stereocenters. The van der Waals surface area contributed by atoms with Gasteiger partial charge in [0.05, 0.1) is 22.7 Å². The molecule has 4 N–H and O–H groups in total. The largest absolute Gasteiger partial charge is 0.390 e. The highest BCUT2D eigenvalue weighted by atomic mass is 19.3. The number of nitrogen functional groups attached to an aromatic ring is 1. The van der Waals surface area contributed by atoms with Crippen LogP contribution in [0, 0.1) is 0 Å². The molecule has 1 unspecified atom stereocenters. The van der Waals surface area contributed by atoms with Gasteiger partial charge in [0.1, 0.15) is 5.82 Å². The highest BCUT2D eigenvalue weighted by molar-refractivity contribution is 6.00. The van der Waals surface area contributed by atoms with Gasteiger partial charge in [0.25, 0.3) is 5.91 Å². The molecule has 1 amide bonds. The standard InChI is InChI=1S/C31H38F2N6O2/c32-31(33)6-3-23(4-7-31)38-14-5-24(19-38)39-18-22-15-20(1-2-26(22)37-39)21-16-25(27(34)35-17-21)28(40)36-29-8-11-30(41,12-9-29)13-10-29/h1-2,15-18,23-24,41H,3-14,19H2,(H2,34,35)(H,36,40). The number of nitrogens with two attached hydrogens (primary N) is 1. The molecule has 8 rings (SSSR count). The van der Waals surface area contributed by atoms with E-state index >= 15 is 0 Å². The SMILES string of the molecule is Nc1ncc(-c2ccc3nn(C4CCN(C5CCC(F)(F)CC5)C4)cc3c2)cc1C(=O)NC12CCC(O)(CC1)CC2. The number of benzene rings is 1. The topological polar surface area (TPSA) is 109 Å². The van der Waals surface area contributed by atoms with Gasteiger partial charge >= 0.3 is 0 Å². The van der Waals surface area contributed by atoms with E-state index in [0.717, 1.165) is 60.8 Å². The van der Waals surface area contributed by atoms with E-state index in [4.69, 9.17) is 10.8 Å². The molecule has 2 aromatic heterocycles. The maximum atomic E-state index is 13.6. The van der Waals surface area contributed by atoms with Crippen molar-refractivity contribution in [1.29, 1.82) is 0 Å². The van der Waals surface area contributed by atoms with Crippen LogP contribution in [0.3, 0.4) is 0 Å². The number of pyridine rings is 1. The van der Waals surface area contributed by atoms with Crippen molar-refractivity contribution in [3.05, 3.63) is 42.2 Å². The molecule has 0 spiro atoms. The van der Waals surface area contributed by atoms with Gasteiger partial charge in [-0.1, -0.05) is 6.07 Å². The van der Waals surface area contributed by atoms with Gasteiger partial charge in [0.15, 0.2) is 0 Å². The zero-order chi connectivity index (χ0) is 28.4. The summed E-state index contributed by atoms with van der Waals surface area (Å²) in [7, 11) is 0. The molecule has 1 aromatic carbocycles. The quantitative estimate of drug-likeness (QED) is 0.399. The number of hydrogen-bond donors (Lipinski definition) is 3. The molecule has 4 aliphatic carbocycles. The van der Waals surface area contributed by atoms with Gasteiger partial charge in [-0.3, -0.25) is 14.4 Å². The van der Waals surface area contributed by atoms with Crippen LogP contribution in [0.25, 0.3) is 22.0 Å². The zero-order valence-electron chi connectivity index (χ0n) is 23.3. The average Bonchev–Trinajstić information content (AvgIpc) is 3.61. The lowest BCUT2D eigenvalue weighted by molar-refractivity contribution is -0.0702. The van der Waals surface area contributed by atoms with E-state index < -0.39 is 11.5 Å². The molecular weight excluding hydrogens is 526 g/mol. The predicted molar refractivity (Wildman–Crippen MR) is 153 cm³/mol. The first-order valence-electron chi connectivity index (χ1n) is 15.0. The van der Waals surface area contributed by atoms with Crippen molar-refractivity contribution in [2.24, 2.45) is 0 Å². The van der Waals surface area contributed by atoms with Gasteiger partial charge < -0.3 is 16.2 Å². The van der Waals surface area contributed by atoms with E-state index in [-0.39, 0.29) is 42.2 Å². The number of carbonyl (C=O) groups is 1. The van der Waals surface area contributed by atoms with Crippen LogP contribution in [-0.2, 0) is 0 Å². The third kappa shape index (κ3) is 5.09. The number of fused-ring (bicyclic) bond motifs is 4. The van der Waals surface area contributed by atoms with Gasteiger partial charge in [0, 0.05) is 60.9 Å². The van der Waals surface area contributed by atoms with Crippen molar-refractivity contribution in [1.82, 2.24) is 25.0 Å². The normalized spacial score (nSPS) is 30.2. The van der Waals surface area contributed by atoms with Crippen molar-refractivity contribution in [3.63, 3.8) is 0 Å². The summed E-state index contributed by atoms with van der Waals surface area (Å²) in [5.41, 5.74) is 8.30. The van der Waals surface area contributed by atoms with E-state index in [2.05, 4.69) is 27.5 Å². The monoisotopic (exact) mass is 564 g/mol. The number of aliphatic hydroxyl groups is 1. The number of anilines is 1. The number of halogens is 2. The Morgan fingerprint density at radius 3 is 2.44 bits per heavy atom. The van der Waals surface area contributed by atoms with E-state index in [1.165, 1.54) is 0 Å². The second-order valence-corrected chi connectivity index (χ2v) is 13.0. The molecular formula is C31H38F2N6O2. The van der Waals surface area contributed by atoms with E-state index in [0.29, 0.717) is 37.7 Å². The number of carbonyl (C=O) groups excluding carboxylic acids is 1. The first kappa shape index (κ1) is 26.8. The molecule has 8 nitrogen and oxygen atoms in total. The van der Waals surface area contributed by atoms with Crippen LogP contribution in [0.1, 0.15) is 87.0 Å². The number of rotatable bonds is 5. The van der Waals surface area contributed by atoms with Crippen molar-refractivity contribution >= 4 is 22.6 Å². The lowest BCUT2D eigenvalue weighted by Gasteiger charge is -2.51. The van der Waals surface area contributed by atoms with Crippen LogP contribution in [0.2, 0.25) is 0 Å². The first-order valence-corrected chi connectivity index (χ1v) is 15.0. The van der Waals surface area contributed by atoms with Crippen molar-refractivity contribution < 1.29 is 18.7 Å². The van der Waals surface area contributed by atoms with Crippen LogP contribution in [0.15, 0.2) is 36.7 Å². The molecule has 1 aliphatic heterocycles. The van der Waals surface area contributed by atoms with Crippen molar-refractivity contribution in [2.75, 3.05) is 18.8 Å².